The number of phenols is 1. The first-order valence-corrected chi connectivity index (χ1v) is 6.62. The van der Waals surface area contributed by atoms with Gasteiger partial charge in [0.15, 0.2) is 0 Å². The summed E-state index contributed by atoms with van der Waals surface area (Å²) < 4.78 is 10.6. The molecule has 1 aliphatic rings. The summed E-state index contributed by atoms with van der Waals surface area (Å²) in [7, 11) is 1.62. The maximum Gasteiger partial charge on any atom is 0.122 e. The Kier molecular flexibility index (Phi) is 3.37. The van der Waals surface area contributed by atoms with Gasteiger partial charge < -0.3 is 19.9 Å². The molecule has 4 heteroatoms. The average Bonchev–Trinajstić information content (AvgIpc) is 2.94. The summed E-state index contributed by atoms with van der Waals surface area (Å²) in [5, 5.41) is 13.2. The Morgan fingerprint density at radius 3 is 3.00 bits per heavy atom. The van der Waals surface area contributed by atoms with Crippen LogP contribution < -0.4 is 14.8 Å². The zero-order valence-corrected chi connectivity index (χ0v) is 11.3. The molecule has 4 nitrogen and oxygen atoms in total. The number of anilines is 1. The van der Waals surface area contributed by atoms with Gasteiger partial charge in [-0.05, 0) is 42.0 Å². The third kappa shape index (κ3) is 2.50. The first-order chi connectivity index (χ1) is 9.76. The van der Waals surface area contributed by atoms with Gasteiger partial charge in [-0.3, -0.25) is 0 Å². The smallest absolute Gasteiger partial charge is 0.122 e. The molecule has 1 heterocycles. The molecule has 0 aliphatic carbocycles. The molecule has 0 saturated carbocycles. The molecule has 0 fully saturated rings. The summed E-state index contributed by atoms with van der Waals surface area (Å²) in [6.07, 6.45) is 0.954. The quantitative estimate of drug-likeness (QED) is 0.897. The van der Waals surface area contributed by atoms with Gasteiger partial charge in [-0.15, -0.1) is 0 Å². The fourth-order valence-electron chi connectivity index (χ4n) is 2.32. The van der Waals surface area contributed by atoms with Gasteiger partial charge in [-0.25, -0.2) is 0 Å². The Morgan fingerprint density at radius 2 is 2.15 bits per heavy atom. The molecule has 2 aromatic rings. The van der Waals surface area contributed by atoms with Crippen LogP contribution in [0.1, 0.15) is 11.1 Å². The van der Waals surface area contributed by atoms with Crippen LogP contribution in [0.25, 0.3) is 0 Å². The second-order valence-corrected chi connectivity index (χ2v) is 4.77. The zero-order valence-electron chi connectivity index (χ0n) is 11.3. The van der Waals surface area contributed by atoms with Crippen molar-refractivity contribution in [3.8, 4) is 17.2 Å². The van der Waals surface area contributed by atoms with Crippen LogP contribution in [-0.2, 0) is 13.0 Å². The predicted octanol–water partition coefficient (Wildman–Crippen LogP) is 2.95. The summed E-state index contributed by atoms with van der Waals surface area (Å²) in [6.45, 7) is 1.30. The fourth-order valence-corrected chi connectivity index (χ4v) is 2.32. The third-order valence-corrected chi connectivity index (χ3v) is 3.46. The predicted molar refractivity (Wildman–Crippen MR) is 77.6 cm³/mol. The molecule has 0 atom stereocenters. The highest BCUT2D eigenvalue weighted by atomic mass is 16.5. The summed E-state index contributed by atoms with van der Waals surface area (Å²) >= 11 is 0. The molecular formula is C16H17NO3. The van der Waals surface area contributed by atoms with E-state index in [4.69, 9.17) is 9.47 Å². The normalized spacial score (nSPS) is 12.7. The summed E-state index contributed by atoms with van der Waals surface area (Å²) in [4.78, 5) is 0. The Morgan fingerprint density at radius 1 is 1.25 bits per heavy atom. The molecule has 0 bridgehead atoms. The largest absolute Gasteiger partial charge is 0.508 e. The molecule has 0 aromatic heterocycles. The lowest BCUT2D eigenvalue weighted by atomic mass is 10.1. The lowest BCUT2D eigenvalue weighted by Gasteiger charge is -2.10. The molecular weight excluding hydrogens is 254 g/mol. The zero-order chi connectivity index (χ0) is 13.9. The van der Waals surface area contributed by atoms with E-state index in [9.17, 15) is 5.11 Å². The van der Waals surface area contributed by atoms with E-state index in [-0.39, 0.29) is 5.75 Å². The van der Waals surface area contributed by atoms with Gasteiger partial charge in [0, 0.05) is 24.2 Å². The van der Waals surface area contributed by atoms with Crippen LogP contribution in [0.4, 0.5) is 5.69 Å². The number of hydrogen-bond acceptors (Lipinski definition) is 4. The molecule has 104 valence electrons. The van der Waals surface area contributed by atoms with Gasteiger partial charge in [-0.2, -0.15) is 0 Å². The van der Waals surface area contributed by atoms with Crippen molar-refractivity contribution < 1.29 is 14.6 Å². The van der Waals surface area contributed by atoms with E-state index in [1.807, 2.05) is 18.2 Å². The minimum absolute atomic E-state index is 0.266. The number of methoxy groups -OCH3 is 1. The van der Waals surface area contributed by atoms with Gasteiger partial charge in [-0.1, -0.05) is 0 Å². The number of nitrogens with one attached hydrogen (secondary N) is 1. The minimum Gasteiger partial charge on any atom is -0.508 e. The second kappa shape index (κ2) is 5.33. The molecule has 0 amide bonds. The molecule has 2 N–H and O–H groups in total. The van der Waals surface area contributed by atoms with Crippen molar-refractivity contribution >= 4 is 5.69 Å². The highest BCUT2D eigenvalue weighted by Gasteiger charge is 2.12. The lowest BCUT2D eigenvalue weighted by molar-refractivity contribution is 0.357. The summed E-state index contributed by atoms with van der Waals surface area (Å²) in [5.41, 5.74) is 3.06. The molecule has 0 unspecified atom stereocenters. The van der Waals surface area contributed by atoms with Crippen LogP contribution in [0.2, 0.25) is 0 Å². The maximum absolute atomic E-state index is 9.85. The van der Waals surface area contributed by atoms with Crippen LogP contribution in [0.3, 0.4) is 0 Å². The van der Waals surface area contributed by atoms with E-state index in [1.165, 1.54) is 5.56 Å². The molecule has 0 spiro atoms. The Labute approximate surface area is 118 Å². The van der Waals surface area contributed by atoms with Crippen LogP contribution >= 0.6 is 0 Å². The van der Waals surface area contributed by atoms with E-state index in [0.717, 1.165) is 35.8 Å². The Bertz CT molecular complexity index is 625. The number of benzene rings is 2. The molecule has 1 aliphatic heterocycles. The summed E-state index contributed by atoms with van der Waals surface area (Å²) in [6, 6.07) is 11.3. The van der Waals surface area contributed by atoms with Crippen LogP contribution in [0, 0.1) is 0 Å². The molecule has 2 aromatic carbocycles. The van der Waals surface area contributed by atoms with E-state index in [2.05, 4.69) is 11.4 Å². The summed E-state index contributed by atoms with van der Waals surface area (Å²) in [5.74, 6) is 1.98. The lowest BCUT2D eigenvalue weighted by Crippen LogP contribution is -2.00. The fraction of sp³-hybridized carbons (Fsp3) is 0.250. The minimum atomic E-state index is 0.266. The highest BCUT2D eigenvalue weighted by molar-refractivity contribution is 5.53. The number of phenolic OH excluding ortho intramolecular Hbond substituents is 1. The van der Waals surface area contributed by atoms with Crippen molar-refractivity contribution in [1.29, 1.82) is 0 Å². The molecule has 0 saturated heterocycles. The van der Waals surface area contributed by atoms with Crippen molar-refractivity contribution in [3.63, 3.8) is 0 Å². The van der Waals surface area contributed by atoms with Crippen molar-refractivity contribution in [1.82, 2.24) is 0 Å². The Balaban J connectivity index is 1.73. The first kappa shape index (κ1) is 12.7. The monoisotopic (exact) mass is 271 g/mol. The van der Waals surface area contributed by atoms with Crippen molar-refractivity contribution in [2.24, 2.45) is 0 Å². The van der Waals surface area contributed by atoms with Crippen molar-refractivity contribution in [3.05, 3.63) is 47.5 Å². The number of ether oxygens (including phenoxy) is 2. The highest BCUT2D eigenvalue weighted by Crippen LogP contribution is 2.29. The topological polar surface area (TPSA) is 50.7 Å². The third-order valence-electron chi connectivity index (χ3n) is 3.46. The number of aromatic hydroxyl groups is 1. The van der Waals surface area contributed by atoms with Gasteiger partial charge in [0.1, 0.15) is 17.2 Å². The first-order valence-electron chi connectivity index (χ1n) is 6.62. The van der Waals surface area contributed by atoms with Gasteiger partial charge >= 0.3 is 0 Å². The van der Waals surface area contributed by atoms with Gasteiger partial charge in [0.2, 0.25) is 0 Å². The molecule has 3 rings (SSSR count). The van der Waals surface area contributed by atoms with E-state index in [0.29, 0.717) is 6.54 Å². The van der Waals surface area contributed by atoms with Gasteiger partial charge in [0.25, 0.3) is 0 Å². The second-order valence-electron chi connectivity index (χ2n) is 4.77. The van der Waals surface area contributed by atoms with Crippen LogP contribution in [-0.4, -0.2) is 18.8 Å². The number of rotatable bonds is 4. The van der Waals surface area contributed by atoms with Gasteiger partial charge in [0.05, 0.1) is 13.7 Å². The number of fused-ring (bicyclic) bond motifs is 1. The van der Waals surface area contributed by atoms with Crippen molar-refractivity contribution in [2.75, 3.05) is 19.0 Å². The Hall–Kier alpha value is -2.36. The van der Waals surface area contributed by atoms with E-state index >= 15 is 0 Å². The van der Waals surface area contributed by atoms with Crippen molar-refractivity contribution in [2.45, 2.75) is 13.0 Å². The SMILES string of the molecule is COc1ccc(O)c(CNc2ccc3c(c2)CCO3)c1. The van der Waals surface area contributed by atoms with Crippen LogP contribution in [0.15, 0.2) is 36.4 Å². The van der Waals surface area contributed by atoms with E-state index in [1.54, 1.807) is 19.2 Å². The van der Waals surface area contributed by atoms with E-state index < -0.39 is 0 Å². The molecule has 0 radical (unpaired) electrons. The average molecular weight is 271 g/mol. The van der Waals surface area contributed by atoms with Crippen LogP contribution in [0.5, 0.6) is 17.2 Å². The maximum atomic E-state index is 9.85. The standard InChI is InChI=1S/C16H17NO3/c1-19-14-3-4-15(18)12(9-14)10-17-13-2-5-16-11(8-13)6-7-20-16/h2-5,8-9,17-18H,6-7,10H2,1H3. The number of hydrogen-bond donors (Lipinski definition) is 2. The molecule has 20 heavy (non-hydrogen) atoms.